The van der Waals surface area contributed by atoms with E-state index in [2.05, 4.69) is 10.2 Å². The van der Waals surface area contributed by atoms with Gasteiger partial charge in [-0.3, -0.25) is 9.36 Å². The van der Waals surface area contributed by atoms with Crippen LogP contribution >= 0.6 is 0 Å². The van der Waals surface area contributed by atoms with Crippen molar-refractivity contribution in [3.8, 4) is 0 Å². The Balaban J connectivity index is 0.000000215. The molecule has 2 fully saturated rings. The molecule has 2 aliphatic heterocycles. The third-order valence-electron chi connectivity index (χ3n) is 6.92. The molecule has 0 amide bonds. The van der Waals surface area contributed by atoms with Crippen molar-refractivity contribution in [3.05, 3.63) is 59.4 Å². The molecule has 2 aromatic carbocycles. The molecule has 4 heterocycles. The van der Waals surface area contributed by atoms with Gasteiger partial charge in [0.2, 0.25) is 0 Å². The second kappa shape index (κ2) is 14.0. The summed E-state index contributed by atoms with van der Waals surface area (Å²) in [6, 6.07) is 8.42. The SMILES string of the molecule is COC(=O)c1nn(CC2CCOC2)c2ccc(F)cc12.O=C(O)c1nn(CC2CCOC2)c2ccc(F)cc12.[Li+].[OH-]. The predicted octanol–water partition coefficient (Wildman–Crippen LogP) is 0.736. The number of carboxylic acids is 1. The van der Waals surface area contributed by atoms with E-state index < -0.39 is 23.6 Å². The maximum Gasteiger partial charge on any atom is 1.00 e. The molecule has 2 aromatic heterocycles. The van der Waals surface area contributed by atoms with Crippen molar-refractivity contribution in [2.75, 3.05) is 33.5 Å². The van der Waals surface area contributed by atoms with Crippen molar-refractivity contribution in [2.24, 2.45) is 11.8 Å². The van der Waals surface area contributed by atoms with Gasteiger partial charge in [0.15, 0.2) is 11.4 Å². The van der Waals surface area contributed by atoms with Gasteiger partial charge < -0.3 is 24.8 Å². The first-order chi connectivity index (χ1) is 18.8. The molecule has 2 aliphatic rings. The molecule has 4 aromatic rings. The fraction of sp³-hybridized carbons (Fsp3) is 0.407. The monoisotopic (exact) mass is 566 g/mol. The molecule has 11 nitrogen and oxygen atoms in total. The smallest absolute Gasteiger partial charge is 0.870 e. The van der Waals surface area contributed by atoms with Gasteiger partial charge in [0.1, 0.15) is 11.6 Å². The molecule has 0 aliphatic carbocycles. The number of hydrogen-bond acceptors (Lipinski definition) is 8. The number of hydrogen-bond donors (Lipinski definition) is 1. The molecule has 41 heavy (non-hydrogen) atoms. The van der Waals surface area contributed by atoms with Crippen LogP contribution in [0.3, 0.4) is 0 Å². The van der Waals surface area contributed by atoms with Crippen molar-refractivity contribution >= 4 is 33.7 Å². The Hall–Kier alpha value is -3.34. The van der Waals surface area contributed by atoms with Crippen LogP contribution in [0.2, 0.25) is 0 Å². The summed E-state index contributed by atoms with van der Waals surface area (Å²) in [7, 11) is 1.29. The van der Waals surface area contributed by atoms with Crippen LogP contribution in [0.1, 0.15) is 33.8 Å². The number of esters is 1. The van der Waals surface area contributed by atoms with Crippen LogP contribution in [0.25, 0.3) is 21.8 Å². The minimum absolute atomic E-state index is 0. The molecular weight excluding hydrogens is 537 g/mol. The molecule has 2 unspecified atom stereocenters. The number of carbonyl (C=O) groups excluding carboxylic acids is 1. The van der Waals surface area contributed by atoms with Gasteiger partial charge in [-0.25, -0.2) is 18.4 Å². The third kappa shape index (κ3) is 7.12. The summed E-state index contributed by atoms with van der Waals surface area (Å²) < 4.78 is 45.4. The average Bonchev–Trinajstić information content (AvgIpc) is 3.72. The van der Waals surface area contributed by atoms with Gasteiger partial charge in [-0.2, -0.15) is 10.2 Å². The maximum atomic E-state index is 13.4. The topological polar surface area (TPSA) is 148 Å². The molecule has 0 spiro atoms. The summed E-state index contributed by atoms with van der Waals surface area (Å²) in [5.74, 6) is -1.85. The van der Waals surface area contributed by atoms with E-state index in [1.165, 1.54) is 31.4 Å². The van der Waals surface area contributed by atoms with Gasteiger partial charge >= 0.3 is 30.8 Å². The third-order valence-corrected chi connectivity index (χ3v) is 6.92. The number of ether oxygens (including phenoxy) is 3. The van der Waals surface area contributed by atoms with E-state index in [0.29, 0.717) is 54.4 Å². The Kier molecular flexibility index (Phi) is 11.0. The molecule has 0 saturated carbocycles. The zero-order valence-electron chi connectivity index (χ0n) is 22.8. The van der Waals surface area contributed by atoms with Crippen LogP contribution in [0.4, 0.5) is 8.78 Å². The molecule has 14 heteroatoms. The summed E-state index contributed by atoms with van der Waals surface area (Å²) in [4.78, 5) is 22.9. The van der Waals surface area contributed by atoms with E-state index in [9.17, 15) is 18.4 Å². The fourth-order valence-electron chi connectivity index (χ4n) is 4.93. The quantitative estimate of drug-likeness (QED) is 0.264. The van der Waals surface area contributed by atoms with Gasteiger partial charge in [0.05, 0.1) is 31.4 Å². The number of aromatic carboxylic acids is 1. The number of carboxylic acid groups (broad SMARTS) is 1. The first-order valence-electron chi connectivity index (χ1n) is 12.6. The number of rotatable bonds is 6. The number of nitrogens with zero attached hydrogens (tertiary/aromatic N) is 4. The summed E-state index contributed by atoms with van der Waals surface area (Å²) in [6.45, 7) is 4.07. The number of carbonyl (C=O) groups is 2. The standard InChI is InChI=1S/C14H15FN2O3.C13H13FN2O3.Li.H2O/c1-19-14(18)13-11-6-10(15)2-3-12(11)17(16-13)7-9-4-5-20-8-9;14-9-1-2-11-10(5-9)12(13(17)18)15-16(11)6-8-3-4-19-7-8;;/h2-3,6,9H,4-5,7-8H2,1H3;1-2,5,8H,3-4,6-7H2,(H,17,18);;1H2/q;;+1;/p-1. The largest absolute Gasteiger partial charge is 1.00 e. The minimum atomic E-state index is -1.14. The van der Waals surface area contributed by atoms with E-state index in [0.717, 1.165) is 31.6 Å². The zero-order valence-corrected chi connectivity index (χ0v) is 22.8. The summed E-state index contributed by atoms with van der Waals surface area (Å²) in [5.41, 5.74) is 1.43. The predicted molar refractivity (Wildman–Crippen MR) is 137 cm³/mol. The fourth-order valence-corrected chi connectivity index (χ4v) is 4.93. The number of halogens is 2. The number of fused-ring (bicyclic) bond motifs is 2. The van der Waals surface area contributed by atoms with Crippen molar-refractivity contribution < 1.29 is 62.0 Å². The average molecular weight is 566 g/mol. The van der Waals surface area contributed by atoms with Crippen LogP contribution in [0.15, 0.2) is 36.4 Å². The second-order valence-electron chi connectivity index (χ2n) is 9.64. The van der Waals surface area contributed by atoms with Gasteiger partial charge in [0, 0.05) is 48.9 Å². The van der Waals surface area contributed by atoms with E-state index in [1.54, 1.807) is 21.5 Å². The van der Waals surface area contributed by atoms with E-state index in [1.807, 2.05) is 0 Å². The van der Waals surface area contributed by atoms with E-state index >= 15 is 0 Å². The number of methoxy groups -OCH3 is 1. The molecule has 2 atom stereocenters. The van der Waals surface area contributed by atoms with Crippen molar-refractivity contribution in [1.29, 1.82) is 0 Å². The Morgan fingerprint density at radius 3 is 1.78 bits per heavy atom. The van der Waals surface area contributed by atoms with Crippen LogP contribution < -0.4 is 18.9 Å². The van der Waals surface area contributed by atoms with Gasteiger partial charge in [-0.15, -0.1) is 0 Å². The molecule has 2 N–H and O–H groups in total. The number of aromatic nitrogens is 4. The molecule has 0 radical (unpaired) electrons. The summed E-state index contributed by atoms with van der Waals surface area (Å²) in [5, 5.41) is 18.3. The Labute approximate surface area is 245 Å². The second-order valence-corrected chi connectivity index (χ2v) is 9.64. The Morgan fingerprint density at radius 1 is 0.902 bits per heavy atom. The zero-order chi connectivity index (χ0) is 27.5. The summed E-state index contributed by atoms with van der Waals surface area (Å²) in [6.07, 6.45) is 1.90. The van der Waals surface area contributed by atoms with Crippen molar-refractivity contribution in [2.45, 2.75) is 25.9 Å². The van der Waals surface area contributed by atoms with Gasteiger partial charge in [-0.05, 0) is 49.2 Å². The number of benzene rings is 2. The van der Waals surface area contributed by atoms with Crippen molar-refractivity contribution in [3.63, 3.8) is 0 Å². The van der Waals surface area contributed by atoms with E-state index in [-0.39, 0.29) is 35.7 Å². The first kappa shape index (κ1) is 32.2. The first-order valence-corrected chi connectivity index (χ1v) is 12.6. The molecule has 214 valence electrons. The summed E-state index contributed by atoms with van der Waals surface area (Å²) >= 11 is 0. The van der Waals surface area contributed by atoms with Crippen LogP contribution in [-0.2, 0) is 27.3 Å². The van der Waals surface area contributed by atoms with Gasteiger partial charge in [-0.1, -0.05) is 0 Å². The molecule has 2 saturated heterocycles. The van der Waals surface area contributed by atoms with Crippen LogP contribution in [0, 0.1) is 23.5 Å². The normalized spacial score (nSPS) is 17.9. The minimum Gasteiger partial charge on any atom is -0.870 e. The molecule has 6 rings (SSSR count). The Morgan fingerprint density at radius 2 is 1.37 bits per heavy atom. The van der Waals surface area contributed by atoms with E-state index in [4.69, 9.17) is 19.3 Å². The van der Waals surface area contributed by atoms with Crippen LogP contribution in [-0.4, -0.2) is 75.6 Å². The van der Waals surface area contributed by atoms with Gasteiger partial charge in [0.25, 0.3) is 0 Å². The molecule has 0 bridgehead atoms. The Bertz CT molecular complexity index is 1510. The van der Waals surface area contributed by atoms with Crippen LogP contribution in [0.5, 0.6) is 0 Å². The van der Waals surface area contributed by atoms with Crippen molar-refractivity contribution in [1.82, 2.24) is 19.6 Å². The maximum absolute atomic E-state index is 13.4. The molecular formula is C27H29F2LiN4O7.